The van der Waals surface area contributed by atoms with E-state index in [0.29, 0.717) is 9.52 Å². The average Bonchev–Trinajstić information content (AvgIpc) is 2.75. The molecule has 0 fully saturated rings. The summed E-state index contributed by atoms with van der Waals surface area (Å²) in [6.07, 6.45) is 6.17. The standard InChI is InChI=1S/C25H19NSi/c1-2-6-22(7-3-1)23-15-11-20(12-16-23)9-10-21-13-17-24(18-14-21)27-25-8-4-5-19-26-25/h1-19H. The topological polar surface area (TPSA) is 12.9 Å². The summed E-state index contributed by atoms with van der Waals surface area (Å²) in [4.78, 5) is 4.40. The molecule has 128 valence electrons. The van der Waals surface area contributed by atoms with Crippen molar-refractivity contribution in [2.75, 3.05) is 0 Å². The van der Waals surface area contributed by atoms with Crippen molar-refractivity contribution in [1.82, 2.24) is 4.98 Å². The normalized spacial score (nSPS) is 11.0. The van der Waals surface area contributed by atoms with Crippen molar-refractivity contribution in [2.24, 2.45) is 0 Å². The minimum atomic E-state index is 0.597. The van der Waals surface area contributed by atoms with Crippen LogP contribution in [0.25, 0.3) is 23.3 Å². The lowest BCUT2D eigenvalue weighted by Crippen LogP contribution is -2.28. The Labute approximate surface area is 162 Å². The summed E-state index contributed by atoms with van der Waals surface area (Å²) in [7, 11) is 0.597. The number of nitrogens with zero attached hydrogens (tertiary/aromatic N) is 1. The molecule has 0 atom stereocenters. The Morgan fingerprint density at radius 2 is 1.15 bits per heavy atom. The summed E-state index contributed by atoms with van der Waals surface area (Å²) in [6, 6.07) is 33.9. The Morgan fingerprint density at radius 1 is 0.556 bits per heavy atom. The lowest BCUT2D eigenvalue weighted by Gasteiger charge is -2.02. The molecule has 1 nitrogen and oxygen atoms in total. The number of pyridine rings is 1. The highest BCUT2D eigenvalue weighted by molar-refractivity contribution is 6.66. The summed E-state index contributed by atoms with van der Waals surface area (Å²) in [5.74, 6) is 0. The highest BCUT2D eigenvalue weighted by Crippen LogP contribution is 2.20. The Hall–Kier alpha value is -3.23. The minimum Gasteiger partial charge on any atom is -0.266 e. The summed E-state index contributed by atoms with van der Waals surface area (Å²) in [5, 5.41) is 2.43. The van der Waals surface area contributed by atoms with Gasteiger partial charge in [0, 0.05) is 11.5 Å². The predicted molar refractivity (Wildman–Crippen MR) is 117 cm³/mol. The molecule has 2 radical (unpaired) electrons. The van der Waals surface area contributed by atoms with Crippen molar-refractivity contribution in [3.63, 3.8) is 0 Å². The molecule has 0 amide bonds. The van der Waals surface area contributed by atoms with Gasteiger partial charge in [-0.3, -0.25) is 4.98 Å². The van der Waals surface area contributed by atoms with Crippen molar-refractivity contribution in [3.05, 3.63) is 114 Å². The smallest absolute Gasteiger partial charge is 0.147 e. The molecule has 0 bridgehead atoms. The maximum Gasteiger partial charge on any atom is 0.147 e. The molecule has 1 heterocycles. The molecular weight excluding hydrogens is 342 g/mol. The molecule has 4 aromatic rings. The molecule has 3 aromatic carbocycles. The third-order valence-electron chi connectivity index (χ3n) is 4.33. The van der Waals surface area contributed by atoms with Crippen LogP contribution in [0.3, 0.4) is 0 Å². The third kappa shape index (κ3) is 4.69. The van der Waals surface area contributed by atoms with Crippen LogP contribution >= 0.6 is 0 Å². The van der Waals surface area contributed by atoms with Crippen LogP contribution in [-0.4, -0.2) is 14.5 Å². The van der Waals surface area contributed by atoms with Gasteiger partial charge >= 0.3 is 0 Å². The lowest BCUT2D eigenvalue weighted by molar-refractivity contribution is 1.39. The van der Waals surface area contributed by atoms with Gasteiger partial charge in [-0.15, -0.1) is 0 Å². The zero-order chi connectivity index (χ0) is 18.3. The van der Waals surface area contributed by atoms with Crippen LogP contribution in [0, 0.1) is 0 Å². The Kier molecular flexibility index (Phi) is 5.37. The summed E-state index contributed by atoms with van der Waals surface area (Å²) in [6.45, 7) is 0. The Bertz CT molecular complexity index is 1010. The van der Waals surface area contributed by atoms with Gasteiger partial charge in [0.2, 0.25) is 0 Å². The summed E-state index contributed by atoms with van der Waals surface area (Å²) < 4.78 is 0. The Morgan fingerprint density at radius 3 is 1.78 bits per heavy atom. The van der Waals surface area contributed by atoms with Gasteiger partial charge in [-0.2, -0.15) is 0 Å². The van der Waals surface area contributed by atoms with Gasteiger partial charge in [-0.1, -0.05) is 102 Å². The van der Waals surface area contributed by atoms with E-state index in [0.717, 1.165) is 5.32 Å². The van der Waals surface area contributed by atoms with E-state index < -0.39 is 0 Å². The average molecular weight is 362 g/mol. The fourth-order valence-electron chi connectivity index (χ4n) is 2.87. The van der Waals surface area contributed by atoms with E-state index in [1.54, 1.807) is 0 Å². The molecule has 0 unspecified atom stereocenters. The molecular formula is C25H19NSi. The van der Waals surface area contributed by atoms with E-state index in [-0.39, 0.29) is 0 Å². The monoisotopic (exact) mass is 361 g/mol. The van der Waals surface area contributed by atoms with Crippen molar-refractivity contribution < 1.29 is 0 Å². The van der Waals surface area contributed by atoms with Gasteiger partial charge in [0.15, 0.2) is 0 Å². The van der Waals surface area contributed by atoms with E-state index in [9.17, 15) is 0 Å². The molecule has 2 heteroatoms. The van der Waals surface area contributed by atoms with Gasteiger partial charge in [0.25, 0.3) is 0 Å². The van der Waals surface area contributed by atoms with Crippen LogP contribution in [0.4, 0.5) is 0 Å². The van der Waals surface area contributed by atoms with E-state index in [4.69, 9.17) is 0 Å². The van der Waals surface area contributed by atoms with Gasteiger partial charge in [-0.25, -0.2) is 0 Å². The molecule has 0 N–H and O–H groups in total. The van der Waals surface area contributed by atoms with Crippen LogP contribution in [0.2, 0.25) is 0 Å². The highest BCUT2D eigenvalue weighted by atomic mass is 28.2. The molecule has 0 spiro atoms. The molecule has 4 rings (SSSR count). The molecule has 0 saturated heterocycles. The van der Waals surface area contributed by atoms with Crippen LogP contribution in [0.5, 0.6) is 0 Å². The number of hydrogen-bond donors (Lipinski definition) is 0. The first kappa shape index (κ1) is 17.2. The van der Waals surface area contributed by atoms with Crippen molar-refractivity contribution >= 4 is 32.2 Å². The van der Waals surface area contributed by atoms with E-state index in [1.807, 2.05) is 24.4 Å². The first-order valence-corrected chi connectivity index (χ1v) is 9.98. The van der Waals surface area contributed by atoms with Crippen molar-refractivity contribution in [2.45, 2.75) is 0 Å². The van der Waals surface area contributed by atoms with Crippen LogP contribution in [0.1, 0.15) is 11.1 Å². The largest absolute Gasteiger partial charge is 0.266 e. The van der Waals surface area contributed by atoms with Gasteiger partial charge in [0.05, 0.1) is 0 Å². The first-order valence-electron chi connectivity index (χ1n) is 8.98. The first-order chi connectivity index (χ1) is 13.4. The van der Waals surface area contributed by atoms with Gasteiger partial charge in [-0.05, 0) is 34.4 Å². The molecule has 0 aliphatic rings. The second kappa shape index (κ2) is 8.43. The van der Waals surface area contributed by atoms with E-state index in [2.05, 4.69) is 96.0 Å². The van der Waals surface area contributed by atoms with Gasteiger partial charge in [0.1, 0.15) is 9.52 Å². The zero-order valence-electron chi connectivity index (χ0n) is 14.9. The molecule has 1 aromatic heterocycles. The lowest BCUT2D eigenvalue weighted by atomic mass is 10.0. The SMILES string of the molecule is C(=Cc1ccc(-c2ccccc2)cc1)c1ccc([Si]c2ccccn2)cc1. The highest BCUT2D eigenvalue weighted by Gasteiger charge is 1.99. The quantitative estimate of drug-likeness (QED) is 0.375. The van der Waals surface area contributed by atoms with Crippen LogP contribution in [0.15, 0.2) is 103 Å². The summed E-state index contributed by atoms with van der Waals surface area (Å²) in [5.41, 5.74) is 4.90. The van der Waals surface area contributed by atoms with E-state index >= 15 is 0 Å². The minimum absolute atomic E-state index is 0.597. The fourth-order valence-corrected chi connectivity index (χ4v) is 3.82. The Balaban J connectivity index is 1.42. The van der Waals surface area contributed by atoms with Crippen molar-refractivity contribution in [1.29, 1.82) is 0 Å². The molecule has 0 aliphatic carbocycles. The predicted octanol–water partition coefficient (Wildman–Crippen LogP) is 4.57. The number of rotatable bonds is 5. The molecule has 0 aliphatic heterocycles. The molecule has 27 heavy (non-hydrogen) atoms. The van der Waals surface area contributed by atoms with E-state index in [1.165, 1.54) is 27.4 Å². The maximum atomic E-state index is 4.40. The third-order valence-corrected chi connectivity index (χ3v) is 5.51. The number of benzene rings is 3. The summed E-state index contributed by atoms with van der Waals surface area (Å²) >= 11 is 0. The van der Waals surface area contributed by atoms with Crippen molar-refractivity contribution in [3.8, 4) is 11.1 Å². The van der Waals surface area contributed by atoms with Gasteiger partial charge < -0.3 is 0 Å². The van der Waals surface area contributed by atoms with Crippen LogP contribution < -0.4 is 10.5 Å². The second-order valence-electron chi connectivity index (χ2n) is 6.28. The van der Waals surface area contributed by atoms with Crippen LogP contribution in [-0.2, 0) is 0 Å². The fraction of sp³-hybridized carbons (Fsp3) is 0. The maximum absolute atomic E-state index is 4.40. The zero-order valence-corrected chi connectivity index (χ0v) is 15.9. The molecule has 0 saturated carbocycles. The number of hydrogen-bond acceptors (Lipinski definition) is 1. The number of aromatic nitrogens is 1. The second-order valence-corrected chi connectivity index (χ2v) is 7.62.